The Morgan fingerprint density at radius 2 is 2.14 bits per heavy atom. The number of anilines is 1. The van der Waals surface area contributed by atoms with Crippen molar-refractivity contribution in [3.8, 4) is 0 Å². The number of aryl methyl sites for hydroxylation is 1. The molecule has 21 heavy (non-hydrogen) atoms. The number of carbonyl (C=O) groups is 1. The summed E-state index contributed by atoms with van der Waals surface area (Å²) in [5.41, 5.74) is 2.87. The van der Waals surface area contributed by atoms with Crippen molar-refractivity contribution in [1.29, 1.82) is 0 Å². The predicted octanol–water partition coefficient (Wildman–Crippen LogP) is 2.59. The molecule has 0 aromatic heterocycles. The van der Waals surface area contributed by atoms with Gasteiger partial charge in [-0.1, -0.05) is 13.0 Å². The van der Waals surface area contributed by atoms with Crippen molar-refractivity contribution in [1.82, 2.24) is 9.80 Å². The molecule has 2 rings (SSSR count). The Morgan fingerprint density at radius 1 is 1.38 bits per heavy atom. The molecule has 0 spiro atoms. The second-order valence-corrected chi connectivity index (χ2v) is 5.98. The van der Waals surface area contributed by atoms with Crippen LogP contribution < -0.4 is 5.32 Å². The second-order valence-electron chi connectivity index (χ2n) is 5.98. The van der Waals surface area contributed by atoms with Crippen LogP contribution in [-0.4, -0.2) is 55.5 Å². The van der Waals surface area contributed by atoms with E-state index in [1.165, 1.54) is 5.56 Å². The van der Waals surface area contributed by atoms with E-state index in [0.29, 0.717) is 6.04 Å². The standard InChI is InChI=1S/C17H27N3O/c1-5-14-12-19(4)9-6-10-20(14)17(21)15-8-7-13(2)11-16(15)18-3/h7-8,11,14,18H,5-6,9-10,12H2,1-4H3. The minimum atomic E-state index is 0.154. The summed E-state index contributed by atoms with van der Waals surface area (Å²) in [6.07, 6.45) is 2.04. The average molecular weight is 289 g/mol. The summed E-state index contributed by atoms with van der Waals surface area (Å²) in [6, 6.07) is 6.30. The van der Waals surface area contributed by atoms with Crippen LogP contribution in [0.2, 0.25) is 0 Å². The third kappa shape index (κ3) is 3.56. The van der Waals surface area contributed by atoms with Gasteiger partial charge in [-0.15, -0.1) is 0 Å². The Balaban J connectivity index is 2.29. The minimum Gasteiger partial charge on any atom is -0.387 e. The van der Waals surface area contributed by atoms with Crippen molar-refractivity contribution in [3.05, 3.63) is 29.3 Å². The van der Waals surface area contributed by atoms with E-state index in [1.54, 1.807) is 0 Å². The van der Waals surface area contributed by atoms with E-state index in [-0.39, 0.29) is 5.91 Å². The van der Waals surface area contributed by atoms with E-state index in [9.17, 15) is 4.79 Å². The van der Waals surface area contributed by atoms with E-state index < -0.39 is 0 Å². The Labute approximate surface area is 128 Å². The number of hydrogen-bond acceptors (Lipinski definition) is 3. The molecular weight excluding hydrogens is 262 g/mol. The van der Waals surface area contributed by atoms with Crippen molar-refractivity contribution in [3.63, 3.8) is 0 Å². The molecule has 1 atom stereocenters. The summed E-state index contributed by atoms with van der Waals surface area (Å²) in [5.74, 6) is 0.154. The van der Waals surface area contributed by atoms with Crippen molar-refractivity contribution < 1.29 is 4.79 Å². The molecule has 1 N–H and O–H groups in total. The fourth-order valence-corrected chi connectivity index (χ4v) is 3.07. The monoisotopic (exact) mass is 289 g/mol. The van der Waals surface area contributed by atoms with Gasteiger partial charge >= 0.3 is 0 Å². The molecule has 0 aliphatic carbocycles. The quantitative estimate of drug-likeness (QED) is 0.929. The number of nitrogens with zero attached hydrogens (tertiary/aromatic N) is 2. The number of carbonyl (C=O) groups excluding carboxylic acids is 1. The summed E-state index contributed by atoms with van der Waals surface area (Å²) < 4.78 is 0. The van der Waals surface area contributed by atoms with Gasteiger partial charge in [-0.3, -0.25) is 4.79 Å². The summed E-state index contributed by atoms with van der Waals surface area (Å²) in [7, 11) is 4.01. The van der Waals surface area contributed by atoms with Crippen molar-refractivity contribution >= 4 is 11.6 Å². The van der Waals surface area contributed by atoms with E-state index in [0.717, 1.165) is 43.7 Å². The molecule has 1 aromatic carbocycles. The summed E-state index contributed by atoms with van der Waals surface area (Å²) in [4.78, 5) is 17.4. The topological polar surface area (TPSA) is 35.6 Å². The normalized spacial score (nSPS) is 20.2. The fourth-order valence-electron chi connectivity index (χ4n) is 3.07. The Hall–Kier alpha value is -1.55. The number of nitrogens with one attached hydrogen (secondary N) is 1. The maximum absolute atomic E-state index is 13.0. The molecule has 1 aliphatic heterocycles. The predicted molar refractivity (Wildman–Crippen MR) is 88.0 cm³/mol. The highest BCUT2D eigenvalue weighted by molar-refractivity contribution is 6.00. The van der Waals surface area contributed by atoms with Crippen LogP contribution in [0, 0.1) is 6.92 Å². The molecule has 1 aliphatic rings. The van der Waals surface area contributed by atoms with Crippen LogP contribution in [0.5, 0.6) is 0 Å². The first-order valence-electron chi connectivity index (χ1n) is 7.84. The van der Waals surface area contributed by atoms with Crippen molar-refractivity contribution in [2.45, 2.75) is 32.7 Å². The van der Waals surface area contributed by atoms with Crippen LogP contribution >= 0.6 is 0 Å². The summed E-state index contributed by atoms with van der Waals surface area (Å²) >= 11 is 0. The van der Waals surface area contributed by atoms with Gasteiger partial charge in [0, 0.05) is 31.9 Å². The van der Waals surface area contributed by atoms with E-state index in [1.807, 2.05) is 32.2 Å². The summed E-state index contributed by atoms with van der Waals surface area (Å²) in [5, 5.41) is 3.16. The highest BCUT2D eigenvalue weighted by Crippen LogP contribution is 2.22. The molecule has 1 unspecified atom stereocenters. The molecule has 1 aromatic rings. The lowest BCUT2D eigenvalue weighted by molar-refractivity contribution is 0.0676. The minimum absolute atomic E-state index is 0.154. The van der Waals surface area contributed by atoms with Gasteiger partial charge in [-0.2, -0.15) is 0 Å². The van der Waals surface area contributed by atoms with Crippen LogP contribution in [0.15, 0.2) is 18.2 Å². The third-order valence-electron chi connectivity index (χ3n) is 4.31. The maximum atomic E-state index is 13.0. The Kier molecular flexibility index (Phi) is 5.23. The largest absolute Gasteiger partial charge is 0.387 e. The molecule has 116 valence electrons. The fraction of sp³-hybridized carbons (Fsp3) is 0.588. The first-order chi connectivity index (χ1) is 10.1. The van der Waals surface area contributed by atoms with E-state index in [4.69, 9.17) is 0 Å². The zero-order valence-corrected chi connectivity index (χ0v) is 13.6. The van der Waals surface area contributed by atoms with Gasteiger partial charge in [0.05, 0.1) is 5.56 Å². The van der Waals surface area contributed by atoms with Gasteiger partial charge in [0.2, 0.25) is 0 Å². The molecule has 4 heteroatoms. The zero-order chi connectivity index (χ0) is 15.4. The number of benzene rings is 1. The van der Waals surface area contributed by atoms with Crippen molar-refractivity contribution in [2.24, 2.45) is 0 Å². The highest BCUT2D eigenvalue weighted by Gasteiger charge is 2.27. The first kappa shape index (κ1) is 15.8. The van der Waals surface area contributed by atoms with Gasteiger partial charge in [0.25, 0.3) is 5.91 Å². The molecule has 0 saturated carbocycles. The van der Waals surface area contributed by atoms with Gasteiger partial charge in [0.1, 0.15) is 0 Å². The first-order valence-corrected chi connectivity index (χ1v) is 7.84. The lowest BCUT2D eigenvalue weighted by atomic mass is 10.1. The van der Waals surface area contributed by atoms with Crippen LogP contribution in [0.1, 0.15) is 35.7 Å². The molecule has 1 heterocycles. The second kappa shape index (κ2) is 6.94. The molecular formula is C17H27N3O. The van der Waals surface area contributed by atoms with Crippen LogP contribution in [0.25, 0.3) is 0 Å². The van der Waals surface area contributed by atoms with Gasteiger partial charge in [0.15, 0.2) is 0 Å². The van der Waals surface area contributed by atoms with E-state index >= 15 is 0 Å². The van der Waals surface area contributed by atoms with E-state index in [2.05, 4.69) is 29.1 Å². The van der Waals surface area contributed by atoms with Gasteiger partial charge < -0.3 is 15.1 Å². The number of amides is 1. The zero-order valence-electron chi connectivity index (χ0n) is 13.6. The molecule has 4 nitrogen and oxygen atoms in total. The van der Waals surface area contributed by atoms with Crippen LogP contribution in [0.4, 0.5) is 5.69 Å². The van der Waals surface area contributed by atoms with Gasteiger partial charge in [-0.05, 0) is 51.1 Å². The highest BCUT2D eigenvalue weighted by atomic mass is 16.2. The Bertz CT molecular complexity index is 501. The third-order valence-corrected chi connectivity index (χ3v) is 4.31. The number of hydrogen-bond donors (Lipinski definition) is 1. The molecule has 0 bridgehead atoms. The van der Waals surface area contributed by atoms with Crippen molar-refractivity contribution in [2.75, 3.05) is 39.0 Å². The van der Waals surface area contributed by atoms with Gasteiger partial charge in [-0.25, -0.2) is 0 Å². The SMILES string of the molecule is CCC1CN(C)CCCN1C(=O)c1ccc(C)cc1NC. The lowest BCUT2D eigenvalue weighted by Gasteiger charge is -2.31. The van der Waals surface area contributed by atoms with Crippen LogP contribution in [0.3, 0.4) is 0 Å². The van der Waals surface area contributed by atoms with Crippen LogP contribution in [-0.2, 0) is 0 Å². The molecule has 0 radical (unpaired) electrons. The Morgan fingerprint density at radius 3 is 2.81 bits per heavy atom. The maximum Gasteiger partial charge on any atom is 0.256 e. The number of rotatable bonds is 3. The number of likely N-dealkylation sites (N-methyl/N-ethyl adjacent to an activating group) is 1. The lowest BCUT2D eigenvalue weighted by Crippen LogP contribution is -2.43. The smallest absolute Gasteiger partial charge is 0.256 e. The molecule has 1 saturated heterocycles. The average Bonchev–Trinajstić information content (AvgIpc) is 2.67. The summed E-state index contributed by atoms with van der Waals surface area (Å²) in [6.45, 7) is 7.08. The molecule has 1 fully saturated rings. The molecule has 1 amide bonds.